The van der Waals surface area contributed by atoms with Gasteiger partial charge in [-0.15, -0.1) is 0 Å². The molecule has 0 fully saturated rings. The summed E-state index contributed by atoms with van der Waals surface area (Å²) in [5, 5.41) is 21.4. The van der Waals surface area contributed by atoms with Crippen molar-refractivity contribution in [2.24, 2.45) is 0 Å². The molecule has 0 aliphatic rings. The van der Waals surface area contributed by atoms with E-state index in [9.17, 15) is 50.0 Å². The van der Waals surface area contributed by atoms with E-state index in [1.807, 2.05) is 6.07 Å². The van der Waals surface area contributed by atoms with E-state index in [4.69, 9.17) is 0 Å². The van der Waals surface area contributed by atoms with Gasteiger partial charge in [-0.2, -0.15) is 50.0 Å². The van der Waals surface area contributed by atoms with Crippen LogP contribution in [0.15, 0.2) is 115 Å². The van der Waals surface area contributed by atoms with Crippen molar-refractivity contribution in [3.05, 3.63) is 143 Å². The highest BCUT2D eigenvalue weighted by molar-refractivity contribution is 6.12. The monoisotopic (exact) mass is 738 g/mol. The quantitative estimate of drug-likeness (QED) is 0.170. The number of nitrogens with zero attached hydrogens (tertiary/aromatic N) is 4. The van der Waals surface area contributed by atoms with Crippen LogP contribution >= 0.6 is 0 Å². The molecule has 6 aromatic carbocycles. The zero-order valence-corrected chi connectivity index (χ0v) is 27.2. The maximum absolute atomic E-state index is 14.1. The highest BCUT2D eigenvalue weighted by atomic mass is 19.4. The normalized spacial score (nSPS) is 12.5. The summed E-state index contributed by atoms with van der Waals surface area (Å²) >= 11 is 0. The summed E-state index contributed by atoms with van der Waals surface area (Å²) in [7, 11) is 0. The minimum atomic E-state index is -4.86. The van der Waals surface area contributed by atoms with Crippen LogP contribution in [0.25, 0.3) is 66.1 Å². The van der Waals surface area contributed by atoms with Crippen molar-refractivity contribution in [1.82, 2.24) is 9.13 Å². The number of benzene rings is 6. The van der Waals surface area contributed by atoms with Crippen molar-refractivity contribution >= 4 is 43.6 Å². The number of hydrogen-bond acceptors (Lipinski definition) is 2. The number of nitriles is 2. The van der Waals surface area contributed by atoms with E-state index in [-0.39, 0.29) is 55.4 Å². The molecule has 13 heteroatoms. The molecule has 0 radical (unpaired) electrons. The van der Waals surface area contributed by atoms with E-state index in [0.717, 1.165) is 30.3 Å². The average Bonchev–Trinajstić information content (AvgIpc) is 3.65. The Morgan fingerprint density at radius 2 is 0.889 bits per heavy atom. The van der Waals surface area contributed by atoms with Gasteiger partial charge in [-0.1, -0.05) is 36.4 Å². The molecule has 0 aliphatic carbocycles. The second-order valence-electron chi connectivity index (χ2n) is 12.6. The summed E-state index contributed by atoms with van der Waals surface area (Å²) in [6.07, 6.45) is -14.2. The van der Waals surface area contributed by atoms with Gasteiger partial charge in [0.1, 0.15) is 0 Å². The molecule has 0 unspecified atom stereocenters. The summed E-state index contributed by atoms with van der Waals surface area (Å²) in [5.41, 5.74) is -1.91. The third-order valence-corrected chi connectivity index (χ3v) is 9.42. The van der Waals surface area contributed by atoms with E-state index in [2.05, 4.69) is 0 Å². The maximum Gasteiger partial charge on any atom is 0.416 e. The van der Waals surface area contributed by atoms with Crippen LogP contribution in [0.4, 0.5) is 39.5 Å². The standard InChI is InChI=1S/C41H19F9N4/c42-39(43,44)25-9-11-35-31(17-25)28-5-1-3-7-33(28)53(35)37-16-24(21-52)30(23-13-22(20-51)14-27(15-23)41(48,49)50)19-38(37)54-34-8-4-2-6-29(34)32-18-26(40(45,46)47)10-12-36(32)54/h1-19H. The van der Waals surface area contributed by atoms with Gasteiger partial charge in [-0.05, 0) is 84.4 Å². The minimum Gasteiger partial charge on any atom is -0.307 e. The molecule has 4 nitrogen and oxygen atoms in total. The van der Waals surface area contributed by atoms with Crippen LogP contribution in [0.2, 0.25) is 0 Å². The van der Waals surface area contributed by atoms with E-state index >= 15 is 0 Å². The fraction of sp³-hybridized carbons (Fsp3) is 0.0732. The molecule has 0 N–H and O–H groups in total. The SMILES string of the molecule is N#Cc1cc(-c2cc(-n3c4ccccc4c4cc(C(F)(F)F)ccc43)c(-n3c4ccccc4c4cc(C(F)(F)F)ccc43)cc2C#N)cc(C(F)(F)F)c1. The zero-order valence-electron chi connectivity index (χ0n) is 27.2. The Hall–Kier alpha value is -6.73. The van der Waals surface area contributed by atoms with E-state index < -0.39 is 35.2 Å². The molecule has 266 valence electrons. The summed E-state index contributed by atoms with van der Waals surface area (Å²) in [6.45, 7) is 0. The summed E-state index contributed by atoms with van der Waals surface area (Å²) in [5.74, 6) is 0. The van der Waals surface area contributed by atoms with Gasteiger partial charge in [0.05, 0.1) is 73.4 Å². The Bertz CT molecular complexity index is 2930. The van der Waals surface area contributed by atoms with Gasteiger partial charge in [-0.3, -0.25) is 0 Å². The van der Waals surface area contributed by atoms with Gasteiger partial charge in [0.25, 0.3) is 0 Å². The van der Waals surface area contributed by atoms with Crippen LogP contribution in [-0.4, -0.2) is 9.13 Å². The molecule has 0 bridgehead atoms. The third kappa shape index (κ3) is 5.48. The maximum atomic E-state index is 14.1. The second kappa shape index (κ2) is 11.9. The van der Waals surface area contributed by atoms with Gasteiger partial charge < -0.3 is 9.13 Å². The number of alkyl halides is 9. The molecule has 2 heterocycles. The van der Waals surface area contributed by atoms with Crippen molar-refractivity contribution in [2.75, 3.05) is 0 Å². The number of halogens is 9. The van der Waals surface area contributed by atoms with E-state index in [1.54, 1.807) is 63.7 Å². The first-order valence-electron chi connectivity index (χ1n) is 16.0. The third-order valence-electron chi connectivity index (χ3n) is 9.42. The largest absolute Gasteiger partial charge is 0.416 e. The number of aromatic nitrogens is 2. The predicted octanol–water partition coefficient (Wildman–Crippen LogP) is 12.3. The highest BCUT2D eigenvalue weighted by Gasteiger charge is 2.34. The van der Waals surface area contributed by atoms with Crippen molar-refractivity contribution in [3.8, 4) is 34.6 Å². The molecule has 0 saturated carbocycles. The van der Waals surface area contributed by atoms with Crippen molar-refractivity contribution in [3.63, 3.8) is 0 Å². The Kier molecular flexibility index (Phi) is 7.57. The van der Waals surface area contributed by atoms with Crippen LogP contribution < -0.4 is 0 Å². The first-order valence-corrected chi connectivity index (χ1v) is 16.0. The van der Waals surface area contributed by atoms with Crippen LogP contribution in [0.5, 0.6) is 0 Å². The van der Waals surface area contributed by atoms with Crippen molar-refractivity contribution in [2.45, 2.75) is 18.5 Å². The number of rotatable bonds is 3. The lowest BCUT2D eigenvalue weighted by molar-refractivity contribution is -0.138. The summed E-state index contributed by atoms with van der Waals surface area (Å²) in [4.78, 5) is 0. The molecule has 0 aliphatic heterocycles. The molecule has 0 spiro atoms. The predicted molar refractivity (Wildman–Crippen MR) is 185 cm³/mol. The Morgan fingerprint density at radius 3 is 1.35 bits per heavy atom. The van der Waals surface area contributed by atoms with Gasteiger partial charge in [0, 0.05) is 27.1 Å². The molecule has 2 aromatic heterocycles. The first-order chi connectivity index (χ1) is 25.6. The van der Waals surface area contributed by atoms with Crippen LogP contribution in [-0.2, 0) is 18.5 Å². The fourth-order valence-corrected chi connectivity index (χ4v) is 7.10. The number of hydrogen-bond donors (Lipinski definition) is 0. The number of fused-ring (bicyclic) bond motifs is 6. The molecule has 0 saturated heterocycles. The molecule has 8 aromatic rings. The van der Waals surface area contributed by atoms with Gasteiger partial charge in [0.2, 0.25) is 0 Å². The molecule has 8 rings (SSSR count). The Morgan fingerprint density at radius 1 is 0.426 bits per heavy atom. The second-order valence-corrected chi connectivity index (χ2v) is 12.6. The van der Waals surface area contributed by atoms with E-state index in [1.165, 1.54) is 30.3 Å². The van der Waals surface area contributed by atoms with E-state index in [0.29, 0.717) is 27.9 Å². The lowest BCUT2D eigenvalue weighted by Gasteiger charge is -2.20. The average molecular weight is 739 g/mol. The van der Waals surface area contributed by atoms with Crippen molar-refractivity contribution < 1.29 is 39.5 Å². The fourth-order valence-electron chi connectivity index (χ4n) is 7.10. The van der Waals surface area contributed by atoms with Crippen LogP contribution in [0.1, 0.15) is 27.8 Å². The zero-order chi connectivity index (χ0) is 38.3. The van der Waals surface area contributed by atoms with Crippen LogP contribution in [0.3, 0.4) is 0 Å². The van der Waals surface area contributed by atoms with Gasteiger partial charge in [-0.25, -0.2) is 0 Å². The Balaban J connectivity index is 1.56. The Labute approximate surface area is 298 Å². The molecular weight excluding hydrogens is 719 g/mol. The van der Waals surface area contributed by atoms with Gasteiger partial charge in [0.15, 0.2) is 0 Å². The molecule has 0 atom stereocenters. The topological polar surface area (TPSA) is 57.4 Å². The summed E-state index contributed by atoms with van der Waals surface area (Å²) in [6, 6.07) is 28.6. The minimum absolute atomic E-state index is 0.0307. The first kappa shape index (κ1) is 34.4. The lowest BCUT2D eigenvalue weighted by Crippen LogP contribution is -2.08. The molecular formula is C41H19F9N4. The number of para-hydroxylation sites is 2. The van der Waals surface area contributed by atoms with Gasteiger partial charge >= 0.3 is 18.5 Å². The van der Waals surface area contributed by atoms with Crippen LogP contribution in [0, 0.1) is 22.7 Å². The molecule has 0 amide bonds. The smallest absolute Gasteiger partial charge is 0.307 e. The highest BCUT2D eigenvalue weighted by Crippen LogP contribution is 2.44. The van der Waals surface area contributed by atoms with Crippen molar-refractivity contribution in [1.29, 1.82) is 10.5 Å². The molecule has 54 heavy (non-hydrogen) atoms. The lowest BCUT2D eigenvalue weighted by atomic mass is 9.95. The summed E-state index contributed by atoms with van der Waals surface area (Å²) < 4.78 is 129.